The van der Waals surface area contributed by atoms with Crippen molar-refractivity contribution < 1.29 is 28.7 Å². The van der Waals surface area contributed by atoms with Crippen molar-refractivity contribution >= 4 is 35.2 Å². The van der Waals surface area contributed by atoms with Gasteiger partial charge >= 0.3 is 6.09 Å². The highest BCUT2D eigenvalue weighted by molar-refractivity contribution is 6.09. The highest BCUT2D eigenvalue weighted by Crippen LogP contribution is 2.31. The number of aryl methyl sites for hydroxylation is 1. The number of nitrogens with one attached hydrogen (secondary N) is 2. The molecule has 0 unspecified atom stereocenters. The molecule has 0 radical (unpaired) electrons. The van der Waals surface area contributed by atoms with Gasteiger partial charge in [0.1, 0.15) is 17.0 Å². The molecule has 0 aliphatic carbocycles. The van der Waals surface area contributed by atoms with Crippen LogP contribution in [0.4, 0.5) is 16.2 Å². The first kappa shape index (κ1) is 30.1. The fourth-order valence-corrected chi connectivity index (χ4v) is 4.64. The summed E-state index contributed by atoms with van der Waals surface area (Å²) in [6, 6.07) is 12.3. The molecule has 222 valence electrons. The summed E-state index contributed by atoms with van der Waals surface area (Å²) in [5.41, 5.74) is 8.50. The van der Waals surface area contributed by atoms with Crippen molar-refractivity contribution in [2.75, 3.05) is 30.4 Å². The van der Waals surface area contributed by atoms with Crippen LogP contribution in [0.1, 0.15) is 65.7 Å². The first-order valence-electron chi connectivity index (χ1n) is 13.6. The maximum Gasteiger partial charge on any atom is 0.407 e. The number of benzene rings is 2. The molecule has 0 bridgehead atoms. The molecular weight excluding hydrogens is 540 g/mol. The number of aromatic nitrogens is 2. The second kappa shape index (κ2) is 12.3. The summed E-state index contributed by atoms with van der Waals surface area (Å²) in [7, 11) is 1.56. The van der Waals surface area contributed by atoms with Crippen molar-refractivity contribution in [2.24, 2.45) is 5.73 Å². The Kier molecular flexibility index (Phi) is 8.84. The van der Waals surface area contributed by atoms with Crippen molar-refractivity contribution in [3.8, 4) is 11.4 Å². The Hall–Kier alpha value is -4.87. The van der Waals surface area contributed by atoms with E-state index in [0.29, 0.717) is 54.3 Å². The van der Waals surface area contributed by atoms with Crippen molar-refractivity contribution in [3.63, 3.8) is 0 Å². The number of fused-ring (bicyclic) bond motifs is 1. The predicted molar refractivity (Wildman–Crippen MR) is 157 cm³/mol. The minimum atomic E-state index is -0.698. The van der Waals surface area contributed by atoms with Gasteiger partial charge in [0.25, 0.3) is 11.8 Å². The minimum Gasteiger partial charge on any atom is -0.497 e. The zero-order valence-corrected chi connectivity index (χ0v) is 24.4. The number of nitrogens with zero attached hydrogens (tertiary/aromatic N) is 3. The maximum atomic E-state index is 13.8. The molecule has 1 aliphatic rings. The monoisotopic (exact) mass is 576 g/mol. The number of carbonyl (C=O) groups excluding carboxylic acids is 4. The van der Waals surface area contributed by atoms with Crippen LogP contribution >= 0.6 is 0 Å². The molecule has 0 saturated heterocycles. The summed E-state index contributed by atoms with van der Waals surface area (Å²) in [6.45, 7) is 7.83. The lowest BCUT2D eigenvalue weighted by atomic mass is 10.0. The van der Waals surface area contributed by atoms with Gasteiger partial charge in [-0.2, -0.15) is 5.10 Å². The second-order valence-corrected chi connectivity index (χ2v) is 10.9. The van der Waals surface area contributed by atoms with Crippen LogP contribution in [0.2, 0.25) is 0 Å². The molecule has 2 heterocycles. The number of hydrogen-bond acceptors (Lipinski definition) is 7. The summed E-state index contributed by atoms with van der Waals surface area (Å²) >= 11 is 0. The van der Waals surface area contributed by atoms with Crippen LogP contribution in [0.25, 0.3) is 5.69 Å². The Balaban J connectivity index is 1.45. The largest absolute Gasteiger partial charge is 0.497 e. The predicted octanol–water partition coefficient (Wildman–Crippen LogP) is 3.73. The van der Waals surface area contributed by atoms with Crippen LogP contribution < -0.4 is 26.0 Å². The average molecular weight is 577 g/mol. The number of hydrogen-bond donors (Lipinski definition) is 3. The second-order valence-electron chi connectivity index (χ2n) is 10.9. The molecule has 4 amide bonds. The molecule has 1 aliphatic heterocycles. The first-order valence-corrected chi connectivity index (χ1v) is 13.6. The fraction of sp³-hybridized carbons (Fsp3) is 0.367. The van der Waals surface area contributed by atoms with Gasteiger partial charge in [-0.3, -0.25) is 14.4 Å². The topological polar surface area (TPSA) is 158 Å². The molecule has 12 nitrogen and oxygen atoms in total. The lowest BCUT2D eigenvalue weighted by Gasteiger charge is -2.28. The zero-order valence-electron chi connectivity index (χ0n) is 24.4. The minimum absolute atomic E-state index is 0.0735. The standard InChI is InChI=1S/C30H36N6O6/c1-18-17-20(10-13-23(18)33-24(37)7-6-15-32-29(40)42-30(2,3)4)35-16-14-22-25(27(31)38)34-36(26(22)28(35)39)19-8-11-21(41-5)12-9-19/h8-13,17H,6-7,14-16H2,1-5H3,(H2,31,38)(H,32,40)(H,33,37). The normalized spacial score (nSPS) is 12.9. The van der Waals surface area contributed by atoms with Crippen LogP contribution in [0, 0.1) is 6.92 Å². The molecule has 0 atom stereocenters. The number of nitrogens with two attached hydrogens (primary N) is 1. The number of alkyl carbamates (subject to hydrolysis) is 1. The third-order valence-electron chi connectivity index (χ3n) is 6.61. The molecule has 0 fully saturated rings. The SMILES string of the molecule is COc1ccc(-n2nc(C(N)=O)c3c2C(=O)N(c2ccc(NC(=O)CCCNC(=O)OC(C)(C)C)c(C)c2)CC3)cc1. The van der Waals surface area contributed by atoms with E-state index in [0.717, 1.165) is 5.56 Å². The smallest absolute Gasteiger partial charge is 0.407 e. The van der Waals surface area contributed by atoms with Gasteiger partial charge in [0.05, 0.1) is 12.8 Å². The van der Waals surface area contributed by atoms with E-state index in [2.05, 4.69) is 15.7 Å². The van der Waals surface area contributed by atoms with E-state index < -0.39 is 17.6 Å². The van der Waals surface area contributed by atoms with Gasteiger partial charge in [0.15, 0.2) is 5.69 Å². The Morgan fingerprint density at radius 1 is 1.07 bits per heavy atom. The van der Waals surface area contributed by atoms with E-state index in [1.54, 1.807) is 69.2 Å². The van der Waals surface area contributed by atoms with Crippen LogP contribution in [0.3, 0.4) is 0 Å². The molecule has 0 saturated carbocycles. The maximum absolute atomic E-state index is 13.8. The van der Waals surface area contributed by atoms with Gasteiger partial charge in [-0.15, -0.1) is 0 Å². The Labute approximate surface area is 244 Å². The molecule has 0 spiro atoms. The van der Waals surface area contributed by atoms with E-state index in [4.69, 9.17) is 15.2 Å². The lowest BCUT2D eigenvalue weighted by molar-refractivity contribution is -0.116. The summed E-state index contributed by atoms with van der Waals surface area (Å²) in [4.78, 5) is 51.8. The Morgan fingerprint density at radius 2 is 1.76 bits per heavy atom. The van der Waals surface area contributed by atoms with Gasteiger partial charge in [-0.05, 0) is 88.6 Å². The van der Waals surface area contributed by atoms with Gasteiger partial charge in [-0.1, -0.05) is 0 Å². The fourth-order valence-electron chi connectivity index (χ4n) is 4.64. The molecular formula is C30H36N6O6. The average Bonchev–Trinajstić information content (AvgIpc) is 3.33. The Morgan fingerprint density at radius 3 is 2.38 bits per heavy atom. The van der Waals surface area contributed by atoms with Gasteiger partial charge in [-0.25, -0.2) is 9.48 Å². The van der Waals surface area contributed by atoms with E-state index in [1.165, 1.54) is 4.68 Å². The van der Waals surface area contributed by atoms with Crippen molar-refractivity contribution in [1.82, 2.24) is 15.1 Å². The van der Waals surface area contributed by atoms with E-state index >= 15 is 0 Å². The van der Waals surface area contributed by atoms with Crippen LogP contribution in [-0.4, -0.2) is 59.4 Å². The van der Waals surface area contributed by atoms with Crippen molar-refractivity contribution in [3.05, 3.63) is 65.0 Å². The molecule has 42 heavy (non-hydrogen) atoms. The quantitative estimate of drug-likeness (QED) is 0.328. The van der Waals surface area contributed by atoms with Gasteiger partial charge < -0.3 is 30.7 Å². The Bertz CT molecular complexity index is 1510. The number of anilines is 2. The van der Waals surface area contributed by atoms with Crippen LogP contribution in [0.15, 0.2) is 42.5 Å². The van der Waals surface area contributed by atoms with Crippen molar-refractivity contribution in [1.29, 1.82) is 0 Å². The molecule has 3 aromatic rings. The van der Waals surface area contributed by atoms with E-state index in [1.807, 2.05) is 13.0 Å². The summed E-state index contributed by atoms with van der Waals surface area (Å²) in [5.74, 6) is -0.571. The number of carbonyl (C=O) groups is 4. The highest BCUT2D eigenvalue weighted by atomic mass is 16.6. The molecule has 1 aromatic heterocycles. The van der Waals surface area contributed by atoms with Gasteiger partial charge in [0.2, 0.25) is 5.91 Å². The molecule has 2 aromatic carbocycles. The number of amides is 4. The number of rotatable bonds is 9. The molecule has 12 heteroatoms. The third-order valence-corrected chi connectivity index (χ3v) is 6.61. The van der Waals surface area contributed by atoms with E-state index in [9.17, 15) is 19.2 Å². The lowest BCUT2D eigenvalue weighted by Crippen LogP contribution is -2.39. The highest BCUT2D eigenvalue weighted by Gasteiger charge is 2.34. The summed E-state index contributed by atoms with van der Waals surface area (Å²) in [6.07, 6.45) is 0.528. The van der Waals surface area contributed by atoms with Crippen LogP contribution in [-0.2, 0) is 16.0 Å². The number of methoxy groups -OCH3 is 1. The van der Waals surface area contributed by atoms with Gasteiger partial charge in [0, 0.05) is 36.4 Å². The summed E-state index contributed by atoms with van der Waals surface area (Å²) in [5, 5.41) is 9.92. The molecule has 4 rings (SSSR count). The first-order chi connectivity index (χ1) is 19.9. The third kappa shape index (κ3) is 6.88. The van der Waals surface area contributed by atoms with E-state index in [-0.39, 0.29) is 29.6 Å². The number of ether oxygens (including phenoxy) is 2. The zero-order chi connectivity index (χ0) is 30.6. The number of primary amides is 1. The van der Waals surface area contributed by atoms with Crippen molar-refractivity contribution in [2.45, 2.75) is 52.6 Å². The molecule has 4 N–H and O–H groups in total. The summed E-state index contributed by atoms with van der Waals surface area (Å²) < 4.78 is 11.9. The van der Waals surface area contributed by atoms with Crippen LogP contribution in [0.5, 0.6) is 5.75 Å².